The van der Waals surface area contributed by atoms with Crippen LogP contribution in [0, 0.1) is 0 Å². The van der Waals surface area contributed by atoms with E-state index in [1.54, 1.807) is 6.26 Å². The molecule has 30 heavy (non-hydrogen) atoms. The molecule has 3 aromatic carbocycles. The van der Waals surface area contributed by atoms with Crippen molar-refractivity contribution in [1.82, 2.24) is 4.90 Å². The Morgan fingerprint density at radius 2 is 1.73 bits per heavy atom. The second kappa shape index (κ2) is 7.84. The van der Waals surface area contributed by atoms with E-state index >= 15 is 0 Å². The van der Waals surface area contributed by atoms with Gasteiger partial charge in [0, 0.05) is 48.5 Å². The van der Waals surface area contributed by atoms with Gasteiger partial charge in [-0.15, -0.1) is 0 Å². The molecule has 0 bridgehead atoms. The molecule has 1 saturated heterocycles. The third-order valence-electron chi connectivity index (χ3n) is 5.91. The Bertz CT molecular complexity index is 1190. The van der Waals surface area contributed by atoms with Gasteiger partial charge in [-0.1, -0.05) is 30.3 Å². The number of amides is 1. The highest BCUT2D eigenvalue weighted by Crippen LogP contribution is 2.30. The summed E-state index contributed by atoms with van der Waals surface area (Å²) in [4.78, 5) is 17.4. The maximum absolute atomic E-state index is 12.7. The van der Waals surface area contributed by atoms with Crippen molar-refractivity contribution < 1.29 is 9.21 Å². The largest absolute Gasteiger partial charge is 0.464 e. The molecule has 0 aliphatic carbocycles. The van der Waals surface area contributed by atoms with Gasteiger partial charge < -0.3 is 19.5 Å². The van der Waals surface area contributed by atoms with E-state index in [0.717, 1.165) is 59.2 Å². The van der Waals surface area contributed by atoms with Crippen molar-refractivity contribution in [3.63, 3.8) is 0 Å². The first-order valence-electron chi connectivity index (χ1n) is 10.4. The first-order chi connectivity index (χ1) is 14.7. The maximum Gasteiger partial charge on any atom is 0.228 e. The van der Waals surface area contributed by atoms with E-state index in [-0.39, 0.29) is 12.3 Å². The lowest BCUT2D eigenvalue weighted by Crippen LogP contribution is -2.44. The van der Waals surface area contributed by atoms with Crippen LogP contribution in [-0.2, 0) is 11.2 Å². The average molecular weight is 399 g/mol. The van der Waals surface area contributed by atoms with Crippen LogP contribution in [0.3, 0.4) is 0 Å². The van der Waals surface area contributed by atoms with Crippen LogP contribution in [0.2, 0.25) is 0 Å². The van der Waals surface area contributed by atoms with E-state index < -0.39 is 0 Å². The lowest BCUT2D eigenvalue weighted by molar-refractivity contribution is -0.115. The summed E-state index contributed by atoms with van der Waals surface area (Å²) >= 11 is 0. The van der Waals surface area contributed by atoms with Gasteiger partial charge in [0.15, 0.2) is 0 Å². The van der Waals surface area contributed by atoms with E-state index in [9.17, 15) is 4.79 Å². The van der Waals surface area contributed by atoms with Crippen molar-refractivity contribution >= 4 is 39.0 Å². The molecule has 0 atom stereocenters. The zero-order valence-electron chi connectivity index (χ0n) is 17.1. The molecule has 5 heteroatoms. The van der Waals surface area contributed by atoms with E-state index in [4.69, 9.17) is 4.42 Å². The van der Waals surface area contributed by atoms with Gasteiger partial charge >= 0.3 is 0 Å². The number of hydrogen-bond acceptors (Lipinski definition) is 4. The molecular weight excluding hydrogens is 374 g/mol. The Morgan fingerprint density at radius 1 is 0.967 bits per heavy atom. The minimum atomic E-state index is -0.0435. The van der Waals surface area contributed by atoms with Crippen molar-refractivity contribution in [2.45, 2.75) is 6.42 Å². The minimum Gasteiger partial charge on any atom is -0.464 e. The highest BCUT2D eigenvalue weighted by atomic mass is 16.3. The number of rotatable bonds is 4. The number of anilines is 2. The number of benzene rings is 3. The summed E-state index contributed by atoms with van der Waals surface area (Å²) in [6.07, 6.45) is 1.98. The highest BCUT2D eigenvalue weighted by molar-refractivity contribution is 6.09. The van der Waals surface area contributed by atoms with Crippen LogP contribution in [0.5, 0.6) is 0 Å². The first-order valence-corrected chi connectivity index (χ1v) is 10.4. The quantitative estimate of drug-likeness (QED) is 0.548. The Kier molecular flexibility index (Phi) is 4.89. The van der Waals surface area contributed by atoms with Crippen LogP contribution in [0.25, 0.3) is 21.7 Å². The molecular formula is C25H25N3O2. The molecule has 1 N–H and O–H groups in total. The number of nitrogens with one attached hydrogen (secondary N) is 1. The number of nitrogens with zero attached hydrogens (tertiary/aromatic N) is 2. The number of furan rings is 1. The normalized spacial score (nSPS) is 15.0. The number of carbonyl (C=O) groups is 1. The zero-order chi connectivity index (χ0) is 20.5. The molecule has 1 aliphatic rings. The van der Waals surface area contributed by atoms with Gasteiger partial charge in [0.2, 0.25) is 5.91 Å². The topological polar surface area (TPSA) is 48.7 Å². The predicted octanol–water partition coefficient (Wildman–Crippen LogP) is 4.52. The summed E-state index contributed by atoms with van der Waals surface area (Å²) in [6, 6.07) is 20.3. The van der Waals surface area contributed by atoms with E-state index in [1.807, 2.05) is 36.4 Å². The number of fused-ring (bicyclic) bond motifs is 3. The van der Waals surface area contributed by atoms with Crippen molar-refractivity contribution in [2.75, 3.05) is 43.4 Å². The Morgan fingerprint density at radius 3 is 2.53 bits per heavy atom. The molecule has 0 spiro atoms. The molecule has 152 valence electrons. The van der Waals surface area contributed by atoms with E-state index in [0.29, 0.717) is 0 Å². The van der Waals surface area contributed by atoms with Crippen LogP contribution in [-0.4, -0.2) is 44.0 Å². The fraction of sp³-hybridized carbons (Fsp3) is 0.240. The number of carbonyl (C=O) groups excluding carboxylic acids is 1. The summed E-state index contributed by atoms with van der Waals surface area (Å²) in [5.41, 5.74) is 3.74. The molecule has 4 aromatic rings. The molecule has 5 nitrogen and oxygen atoms in total. The van der Waals surface area contributed by atoms with Gasteiger partial charge in [0.25, 0.3) is 0 Å². The molecule has 5 rings (SSSR count). The lowest BCUT2D eigenvalue weighted by atomic mass is 10.0. The molecule has 0 unspecified atom stereocenters. The Balaban J connectivity index is 1.30. The number of likely N-dealkylation sites (N-methyl/N-ethyl adjacent to an activating group) is 1. The Hall–Kier alpha value is -3.31. The van der Waals surface area contributed by atoms with Crippen LogP contribution in [0.4, 0.5) is 11.4 Å². The van der Waals surface area contributed by atoms with E-state index in [1.165, 1.54) is 5.69 Å². The van der Waals surface area contributed by atoms with Crippen molar-refractivity contribution in [3.05, 3.63) is 72.5 Å². The second-order valence-electron chi connectivity index (χ2n) is 7.98. The maximum atomic E-state index is 12.7. The summed E-state index contributed by atoms with van der Waals surface area (Å²) in [7, 11) is 2.15. The van der Waals surface area contributed by atoms with Gasteiger partial charge in [-0.2, -0.15) is 0 Å². The molecule has 1 aromatic heterocycles. The molecule has 0 radical (unpaired) electrons. The molecule has 0 saturated carbocycles. The van der Waals surface area contributed by atoms with Crippen LogP contribution >= 0.6 is 0 Å². The first kappa shape index (κ1) is 18.7. The third kappa shape index (κ3) is 3.64. The third-order valence-corrected chi connectivity index (χ3v) is 5.91. The second-order valence-corrected chi connectivity index (χ2v) is 7.98. The monoisotopic (exact) mass is 399 g/mol. The molecule has 1 amide bonds. The van der Waals surface area contributed by atoms with E-state index in [2.05, 4.69) is 46.4 Å². The smallest absolute Gasteiger partial charge is 0.228 e. The van der Waals surface area contributed by atoms with Gasteiger partial charge in [-0.05, 0) is 48.2 Å². The number of hydrogen-bond donors (Lipinski definition) is 1. The number of piperazine rings is 1. The lowest BCUT2D eigenvalue weighted by Gasteiger charge is -2.34. The van der Waals surface area contributed by atoms with Crippen molar-refractivity contribution in [1.29, 1.82) is 0 Å². The molecule has 2 heterocycles. The highest BCUT2D eigenvalue weighted by Gasteiger charge is 2.15. The van der Waals surface area contributed by atoms with Gasteiger partial charge in [-0.3, -0.25) is 4.79 Å². The van der Waals surface area contributed by atoms with Crippen LogP contribution in [0.15, 0.2) is 71.3 Å². The zero-order valence-corrected chi connectivity index (χ0v) is 17.1. The summed E-state index contributed by atoms with van der Waals surface area (Å²) in [6.45, 7) is 4.21. The fourth-order valence-electron chi connectivity index (χ4n) is 4.20. The SMILES string of the molecule is CN1CCN(c2ccc(NC(=O)Cc3coc4ccc5ccccc5c34)cc2)CC1. The van der Waals surface area contributed by atoms with Crippen LogP contribution in [0.1, 0.15) is 5.56 Å². The van der Waals surface area contributed by atoms with Gasteiger partial charge in [-0.25, -0.2) is 0 Å². The Labute approximate surface area is 175 Å². The van der Waals surface area contributed by atoms with Gasteiger partial charge in [0.05, 0.1) is 12.7 Å². The summed E-state index contributed by atoms with van der Waals surface area (Å²) in [5.74, 6) is -0.0435. The molecule has 1 fully saturated rings. The van der Waals surface area contributed by atoms with Crippen LogP contribution < -0.4 is 10.2 Å². The summed E-state index contributed by atoms with van der Waals surface area (Å²) < 4.78 is 5.71. The predicted molar refractivity (Wildman–Crippen MR) is 122 cm³/mol. The molecule has 1 aliphatic heterocycles. The van der Waals surface area contributed by atoms with Crippen molar-refractivity contribution in [3.8, 4) is 0 Å². The standard InChI is InChI=1S/C25H25N3O2/c1-27-12-14-28(15-13-27)21-9-7-20(8-10-21)26-24(29)16-19-17-30-23-11-6-18-4-2-3-5-22(18)25(19)23/h2-11,17H,12-16H2,1H3,(H,26,29). The average Bonchev–Trinajstić information content (AvgIpc) is 3.18. The minimum absolute atomic E-state index is 0.0435. The van der Waals surface area contributed by atoms with Crippen molar-refractivity contribution in [2.24, 2.45) is 0 Å². The fourth-order valence-corrected chi connectivity index (χ4v) is 4.20. The summed E-state index contributed by atoms with van der Waals surface area (Å²) in [5, 5.41) is 6.30. The van der Waals surface area contributed by atoms with Gasteiger partial charge in [0.1, 0.15) is 5.58 Å².